The predicted molar refractivity (Wildman–Crippen MR) is 82.5 cm³/mol. The van der Waals surface area contributed by atoms with E-state index < -0.39 is 0 Å². The number of rotatable bonds is 2. The van der Waals surface area contributed by atoms with E-state index in [0.29, 0.717) is 16.7 Å². The number of hydrogen-bond acceptors (Lipinski definition) is 1. The van der Waals surface area contributed by atoms with Crippen molar-refractivity contribution in [3.8, 4) is 22.3 Å². The van der Waals surface area contributed by atoms with E-state index in [1.807, 2.05) is 37.4 Å². The minimum Gasteiger partial charge on any atom is -0.356 e. The zero-order valence-electron chi connectivity index (χ0n) is 11.6. The maximum Gasteiger partial charge on any atom is 0.197 e. The van der Waals surface area contributed by atoms with Crippen LogP contribution in [0.1, 0.15) is 0 Å². The van der Waals surface area contributed by atoms with Crippen molar-refractivity contribution in [2.75, 3.05) is 0 Å². The van der Waals surface area contributed by atoms with Gasteiger partial charge in [0.15, 0.2) is 5.43 Å². The Morgan fingerprint density at radius 3 is 2.14 bits per heavy atom. The first-order chi connectivity index (χ1) is 10.2. The summed E-state index contributed by atoms with van der Waals surface area (Å²) in [5.41, 5.74) is 1.94. The van der Waals surface area contributed by atoms with Gasteiger partial charge in [-0.1, -0.05) is 48.5 Å². The zero-order chi connectivity index (χ0) is 14.8. The predicted octanol–water partition coefficient (Wildman–Crippen LogP) is 3.86. The van der Waals surface area contributed by atoms with E-state index in [2.05, 4.69) is 0 Å². The highest BCUT2D eigenvalue weighted by Crippen LogP contribution is 2.22. The second-order valence-electron chi connectivity index (χ2n) is 4.93. The molecule has 0 aliphatic heterocycles. The van der Waals surface area contributed by atoms with Crippen molar-refractivity contribution in [3.63, 3.8) is 0 Å². The van der Waals surface area contributed by atoms with Gasteiger partial charge in [-0.3, -0.25) is 4.79 Å². The Balaban J connectivity index is 2.28. The van der Waals surface area contributed by atoms with Gasteiger partial charge in [0.1, 0.15) is 5.82 Å². The van der Waals surface area contributed by atoms with Crippen molar-refractivity contribution in [2.24, 2.45) is 7.05 Å². The normalized spacial score (nSPS) is 10.6. The molecule has 2 nitrogen and oxygen atoms in total. The number of hydrogen-bond donors (Lipinski definition) is 0. The fraction of sp³-hybridized carbons (Fsp3) is 0.0556. The van der Waals surface area contributed by atoms with Gasteiger partial charge in [-0.05, 0) is 11.6 Å². The third-order valence-corrected chi connectivity index (χ3v) is 3.40. The molecule has 3 aromatic rings. The Kier molecular flexibility index (Phi) is 3.40. The average molecular weight is 279 g/mol. The summed E-state index contributed by atoms with van der Waals surface area (Å²) in [6.45, 7) is 0. The first kappa shape index (κ1) is 13.3. The molecule has 0 fully saturated rings. The van der Waals surface area contributed by atoms with Crippen LogP contribution in [0.5, 0.6) is 0 Å². The van der Waals surface area contributed by atoms with Gasteiger partial charge in [0.05, 0.1) is 0 Å². The highest BCUT2D eigenvalue weighted by molar-refractivity contribution is 5.71. The molecule has 0 saturated heterocycles. The molecule has 0 saturated carbocycles. The van der Waals surface area contributed by atoms with E-state index >= 15 is 0 Å². The lowest BCUT2D eigenvalue weighted by atomic mass is 10.0. The molecule has 0 radical (unpaired) electrons. The minimum atomic E-state index is -0.389. The topological polar surface area (TPSA) is 22.0 Å². The molecule has 1 heterocycles. The molecule has 0 spiro atoms. The largest absolute Gasteiger partial charge is 0.356 e. The smallest absolute Gasteiger partial charge is 0.197 e. The molecule has 0 atom stereocenters. The SMILES string of the molecule is Cn1cc(-c2ccccc2)c(=O)c(-c2ccccc2F)c1. The van der Waals surface area contributed by atoms with Crippen molar-refractivity contribution in [2.45, 2.75) is 0 Å². The molecule has 3 rings (SSSR count). The van der Waals surface area contributed by atoms with Gasteiger partial charge in [0.2, 0.25) is 0 Å². The van der Waals surface area contributed by atoms with Crippen molar-refractivity contribution < 1.29 is 4.39 Å². The number of aryl methyl sites for hydroxylation is 1. The van der Waals surface area contributed by atoms with E-state index in [-0.39, 0.29) is 11.2 Å². The number of nitrogens with zero attached hydrogens (tertiary/aromatic N) is 1. The van der Waals surface area contributed by atoms with Gasteiger partial charge in [-0.25, -0.2) is 4.39 Å². The molecule has 0 bridgehead atoms. The quantitative estimate of drug-likeness (QED) is 0.698. The Hall–Kier alpha value is -2.68. The van der Waals surface area contributed by atoms with Gasteiger partial charge in [-0.15, -0.1) is 0 Å². The number of pyridine rings is 1. The van der Waals surface area contributed by atoms with Gasteiger partial charge >= 0.3 is 0 Å². The first-order valence-electron chi connectivity index (χ1n) is 6.67. The van der Waals surface area contributed by atoms with Gasteiger partial charge in [-0.2, -0.15) is 0 Å². The summed E-state index contributed by atoms with van der Waals surface area (Å²) >= 11 is 0. The van der Waals surface area contributed by atoms with E-state index in [9.17, 15) is 9.18 Å². The first-order valence-corrected chi connectivity index (χ1v) is 6.67. The van der Waals surface area contributed by atoms with Crippen molar-refractivity contribution in [1.82, 2.24) is 4.57 Å². The number of benzene rings is 2. The summed E-state index contributed by atoms with van der Waals surface area (Å²) in [5, 5.41) is 0. The second kappa shape index (κ2) is 5.37. The third-order valence-electron chi connectivity index (χ3n) is 3.40. The van der Waals surface area contributed by atoms with Crippen LogP contribution < -0.4 is 5.43 Å². The van der Waals surface area contributed by atoms with Crippen molar-refractivity contribution in [3.05, 3.63) is 83.0 Å². The van der Waals surface area contributed by atoms with Crippen LogP contribution in [0.25, 0.3) is 22.3 Å². The van der Waals surface area contributed by atoms with Crippen LogP contribution >= 0.6 is 0 Å². The molecule has 2 aromatic carbocycles. The Labute approximate surface area is 122 Å². The lowest BCUT2D eigenvalue weighted by Gasteiger charge is -2.09. The summed E-state index contributed by atoms with van der Waals surface area (Å²) in [4.78, 5) is 12.7. The lowest BCUT2D eigenvalue weighted by Crippen LogP contribution is -2.12. The van der Waals surface area contributed by atoms with Crippen LogP contribution in [0.4, 0.5) is 4.39 Å². The highest BCUT2D eigenvalue weighted by atomic mass is 19.1. The molecule has 0 aliphatic rings. The van der Waals surface area contributed by atoms with E-state index in [1.165, 1.54) is 6.07 Å². The second-order valence-corrected chi connectivity index (χ2v) is 4.93. The summed E-state index contributed by atoms with van der Waals surface area (Å²) in [6.07, 6.45) is 3.43. The minimum absolute atomic E-state index is 0.163. The summed E-state index contributed by atoms with van der Waals surface area (Å²) in [6, 6.07) is 15.7. The maximum atomic E-state index is 14.0. The fourth-order valence-corrected chi connectivity index (χ4v) is 2.40. The Morgan fingerprint density at radius 2 is 1.43 bits per heavy atom. The molecule has 0 amide bonds. The van der Waals surface area contributed by atoms with Gasteiger partial charge in [0, 0.05) is 36.1 Å². The Bertz CT molecular complexity index is 837. The van der Waals surface area contributed by atoms with E-state index in [1.54, 1.807) is 35.2 Å². The standard InChI is InChI=1S/C18H14FNO/c1-20-11-15(13-7-3-2-4-8-13)18(21)16(12-20)14-9-5-6-10-17(14)19/h2-12H,1H3. The molecule has 104 valence electrons. The molecule has 1 aromatic heterocycles. The summed E-state index contributed by atoms with van der Waals surface area (Å²) in [7, 11) is 1.83. The third kappa shape index (κ3) is 2.50. The summed E-state index contributed by atoms with van der Waals surface area (Å²) in [5.74, 6) is -0.389. The Morgan fingerprint density at radius 1 is 0.810 bits per heavy atom. The van der Waals surface area contributed by atoms with Crippen LogP contribution in [-0.4, -0.2) is 4.57 Å². The van der Waals surface area contributed by atoms with Crippen LogP contribution in [-0.2, 0) is 7.05 Å². The van der Waals surface area contributed by atoms with E-state index in [4.69, 9.17) is 0 Å². The monoisotopic (exact) mass is 279 g/mol. The number of aromatic nitrogens is 1. The van der Waals surface area contributed by atoms with Crippen molar-refractivity contribution in [1.29, 1.82) is 0 Å². The lowest BCUT2D eigenvalue weighted by molar-refractivity contribution is 0.631. The average Bonchev–Trinajstić information content (AvgIpc) is 2.51. The van der Waals surface area contributed by atoms with Gasteiger partial charge < -0.3 is 4.57 Å². The van der Waals surface area contributed by atoms with Crippen LogP contribution in [0.3, 0.4) is 0 Å². The highest BCUT2D eigenvalue weighted by Gasteiger charge is 2.13. The molecule has 0 unspecified atom stereocenters. The summed E-state index contributed by atoms with van der Waals surface area (Å²) < 4.78 is 15.8. The maximum absolute atomic E-state index is 14.0. The van der Waals surface area contributed by atoms with Gasteiger partial charge in [0.25, 0.3) is 0 Å². The zero-order valence-corrected chi connectivity index (χ0v) is 11.6. The van der Waals surface area contributed by atoms with Crippen LogP contribution in [0.2, 0.25) is 0 Å². The molecular formula is C18H14FNO. The molecule has 3 heteroatoms. The number of halogens is 1. The van der Waals surface area contributed by atoms with E-state index in [0.717, 1.165) is 5.56 Å². The molecule has 21 heavy (non-hydrogen) atoms. The fourth-order valence-electron chi connectivity index (χ4n) is 2.40. The van der Waals surface area contributed by atoms with Crippen molar-refractivity contribution >= 4 is 0 Å². The van der Waals surface area contributed by atoms with Crippen LogP contribution in [0.15, 0.2) is 71.8 Å². The molecule has 0 aliphatic carbocycles. The van der Waals surface area contributed by atoms with Crippen LogP contribution in [0, 0.1) is 5.82 Å². The molecular weight excluding hydrogens is 265 g/mol. The molecule has 0 N–H and O–H groups in total.